The summed E-state index contributed by atoms with van der Waals surface area (Å²) in [5, 5.41) is 10.4. The van der Waals surface area contributed by atoms with Gasteiger partial charge in [0.05, 0.1) is 12.2 Å². The SMILES string of the molecule is COCC1(O)CC(C)(C)CC(C)(C)C1. The quantitative estimate of drug-likeness (QED) is 0.742. The van der Waals surface area contributed by atoms with Crippen molar-refractivity contribution in [1.82, 2.24) is 0 Å². The smallest absolute Gasteiger partial charge is 0.0890 e. The van der Waals surface area contributed by atoms with Gasteiger partial charge in [0.1, 0.15) is 0 Å². The minimum atomic E-state index is -0.625. The maximum absolute atomic E-state index is 10.4. The van der Waals surface area contributed by atoms with E-state index in [1.54, 1.807) is 7.11 Å². The molecule has 1 N–H and O–H groups in total. The second-order valence-corrected chi connectivity index (χ2v) is 6.52. The number of hydrogen-bond acceptors (Lipinski definition) is 2. The van der Waals surface area contributed by atoms with E-state index < -0.39 is 5.60 Å². The van der Waals surface area contributed by atoms with Gasteiger partial charge < -0.3 is 9.84 Å². The molecule has 1 fully saturated rings. The first-order chi connectivity index (χ1) is 6.18. The Labute approximate surface area is 87.7 Å². The molecule has 1 aliphatic rings. The first-order valence-corrected chi connectivity index (χ1v) is 5.40. The molecule has 0 radical (unpaired) electrons. The minimum absolute atomic E-state index is 0.217. The van der Waals surface area contributed by atoms with Crippen molar-refractivity contribution in [1.29, 1.82) is 0 Å². The monoisotopic (exact) mass is 200 g/mol. The van der Waals surface area contributed by atoms with Gasteiger partial charge in [-0.25, -0.2) is 0 Å². The van der Waals surface area contributed by atoms with Crippen molar-refractivity contribution in [2.45, 2.75) is 52.6 Å². The van der Waals surface area contributed by atoms with Gasteiger partial charge in [-0.1, -0.05) is 27.7 Å². The van der Waals surface area contributed by atoms with Crippen LogP contribution < -0.4 is 0 Å². The Hall–Kier alpha value is -0.0800. The fraction of sp³-hybridized carbons (Fsp3) is 1.00. The number of rotatable bonds is 2. The molecule has 1 aliphatic carbocycles. The third kappa shape index (κ3) is 2.96. The molecule has 2 nitrogen and oxygen atoms in total. The van der Waals surface area contributed by atoms with Gasteiger partial charge in [-0.15, -0.1) is 0 Å². The molecule has 84 valence electrons. The van der Waals surface area contributed by atoms with Crippen LogP contribution in [0, 0.1) is 10.8 Å². The van der Waals surface area contributed by atoms with Gasteiger partial charge in [0.15, 0.2) is 0 Å². The molecule has 0 aliphatic heterocycles. The number of hydrogen-bond donors (Lipinski definition) is 1. The van der Waals surface area contributed by atoms with E-state index in [9.17, 15) is 5.11 Å². The molecule has 0 amide bonds. The molecule has 0 spiro atoms. The summed E-state index contributed by atoms with van der Waals surface area (Å²) in [4.78, 5) is 0. The van der Waals surface area contributed by atoms with Gasteiger partial charge in [0.25, 0.3) is 0 Å². The topological polar surface area (TPSA) is 29.5 Å². The van der Waals surface area contributed by atoms with Crippen molar-refractivity contribution >= 4 is 0 Å². The lowest BCUT2D eigenvalue weighted by atomic mass is 9.60. The summed E-state index contributed by atoms with van der Waals surface area (Å²) in [5.41, 5.74) is -0.190. The summed E-state index contributed by atoms with van der Waals surface area (Å²) in [6.07, 6.45) is 2.86. The zero-order valence-corrected chi connectivity index (χ0v) is 10.2. The van der Waals surface area contributed by atoms with E-state index in [0.29, 0.717) is 6.61 Å². The van der Waals surface area contributed by atoms with E-state index in [0.717, 1.165) is 12.8 Å². The van der Waals surface area contributed by atoms with Gasteiger partial charge in [0, 0.05) is 7.11 Å². The van der Waals surface area contributed by atoms with E-state index in [1.165, 1.54) is 6.42 Å². The van der Waals surface area contributed by atoms with Crippen LogP contribution in [0.15, 0.2) is 0 Å². The highest BCUT2D eigenvalue weighted by Gasteiger charge is 2.46. The van der Waals surface area contributed by atoms with Crippen molar-refractivity contribution in [3.8, 4) is 0 Å². The molecule has 1 saturated carbocycles. The third-order valence-corrected chi connectivity index (χ3v) is 2.99. The molecule has 0 bridgehead atoms. The van der Waals surface area contributed by atoms with Crippen LogP contribution in [0.3, 0.4) is 0 Å². The van der Waals surface area contributed by atoms with E-state index in [1.807, 2.05) is 0 Å². The molecule has 0 heterocycles. The zero-order valence-electron chi connectivity index (χ0n) is 10.2. The van der Waals surface area contributed by atoms with Gasteiger partial charge in [-0.05, 0) is 30.1 Å². The Morgan fingerprint density at radius 3 is 1.79 bits per heavy atom. The molecule has 0 aromatic carbocycles. The maximum atomic E-state index is 10.4. The minimum Gasteiger partial charge on any atom is -0.387 e. The predicted octanol–water partition coefficient (Wildman–Crippen LogP) is 2.60. The van der Waals surface area contributed by atoms with E-state index in [-0.39, 0.29) is 10.8 Å². The molecule has 0 aromatic rings. The number of aliphatic hydroxyl groups is 1. The van der Waals surface area contributed by atoms with E-state index in [2.05, 4.69) is 27.7 Å². The molecule has 0 aromatic heterocycles. The highest BCUT2D eigenvalue weighted by atomic mass is 16.5. The summed E-state index contributed by atoms with van der Waals surface area (Å²) in [6, 6.07) is 0. The molecule has 1 rings (SSSR count). The van der Waals surface area contributed by atoms with Crippen molar-refractivity contribution in [2.24, 2.45) is 10.8 Å². The largest absolute Gasteiger partial charge is 0.387 e. The highest BCUT2D eigenvalue weighted by Crippen LogP contribution is 2.49. The van der Waals surface area contributed by atoms with Crippen LogP contribution in [0.4, 0.5) is 0 Å². The molecular weight excluding hydrogens is 176 g/mol. The Balaban J connectivity index is 2.80. The van der Waals surface area contributed by atoms with Crippen LogP contribution in [-0.2, 0) is 4.74 Å². The molecule has 0 saturated heterocycles. The lowest BCUT2D eigenvalue weighted by Gasteiger charge is -2.49. The highest BCUT2D eigenvalue weighted by molar-refractivity contribution is 4.97. The maximum Gasteiger partial charge on any atom is 0.0890 e. The molecule has 0 unspecified atom stereocenters. The summed E-state index contributed by atoms with van der Waals surface area (Å²) >= 11 is 0. The van der Waals surface area contributed by atoms with Crippen LogP contribution >= 0.6 is 0 Å². The lowest BCUT2D eigenvalue weighted by Crippen LogP contribution is -2.48. The summed E-state index contributed by atoms with van der Waals surface area (Å²) in [6.45, 7) is 9.38. The first-order valence-electron chi connectivity index (χ1n) is 5.40. The van der Waals surface area contributed by atoms with Gasteiger partial charge in [0.2, 0.25) is 0 Å². The van der Waals surface area contributed by atoms with Crippen molar-refractivity contribution in [3.05, 3.63) is 0 Å². The Kier molecular flexibility index (Phi) is 2.99. The average Bonchev–Trinajstić information content (AvgIpc) is 1.75. The summed E-state index contributed by atoms with van der Waals surface area (Å²) in [5.74, 6) is 0. The standard InChI is InChI=1S/C12H24O2/c1-10(2)6-11(3,4)8-12(13,7-10)9-14-5/h13H,6-9H2,1-5H3. The van der Waals surface area contributed by atoms with Gasteiger partial charge in [-0.2, -0.15) is 0 Å². The Morgan fingerprint density at radius 1 is 1.00 bits per heavy atom. The molecule has 2 heteroatoms. The normalized spacial score (nSPS) is 28.7. The van der Waals surface area contributed by atoms with Crippen LogP contribution in [0.25, 0.3) is 0 Å². The zero-order chi connectivity index (χ0) is 11.0. The van der Waals surface area contributed by atoms with Crippen LogP contribution in [-0.4, -0.2) is 24.4 Å². The van der Waals surface area contributed by atoms with Gasteiger partial charge in [-0.3, -0.25) is 0 Å². The van der Waals surface area contributed by atoms with Crippen molar-refractivity contribution in [2.75, 3.05) is 13.7 Å². The lowest BCUT2D eigenvalue weighted by molar-refractivity contribution is -0.120. The van der Waals surface area contributed by atoms with Gasteiger partial charge >= 0.3 is 0 Å². The number of methoxy groups -OCH3 is 1. The van der Waals surface area contributed by atoms with Crippen LogP contribution in [0.5, 0.6) is 0 Å². The Morgan fingerprint density at radius 2 is 1.43 bits per heavy atom. The second kappa shape index (κ2) is 3.49. The summed E-state index contributed by atoms with van der Waals surface area (Å²) < 4.78 is 5.12. The fourth-order valence-corrected chi connectivity index (χ4v) is 3.64. The van der Waals surface area contributed by atoms with Crippen molar-refractivity contribution in [3.63, 3.8) is 0 Å². The fourth-order valence-electron chi connectivity index (χ4n) is 3.64. The first kappa shape index (κ1) is 12.0. The number of ether oxygens (including phenoxy) is 1. The van der Waals surface area contributed by atoms with Crippen LogP contribution in [0.1, 0.15) is 47.0 Å². The molecular formula is C12H24O2. The molecule has 14 heavy (non-hydrogen) atoms. The average molecular weight is 200 g/mol. The predicted molar refractivity (Wildman–Crippen MR) is 58.2 cm³/mol. The second-order valence-electron chi connectivity index (χ2n) is 6.52. The third-order valence-electron chi connectivity index (χ3n) is 2.99. The molecule has 0 atom stereocenters. The van der Waals surface area contributed by atoms with Crippen LogP contribution in [0.2, 0.25) is 0 Å². The van der Waals surface area contributed by atoms with Crippen molar-refractivity contribution < 1.29 is 9.84 Å². The van der Waals surface area contributed by atoms with E-state index in [4.69, 9.17) is 4.74 Å². The summed E-state index contributed by atoms with van der Waals surface area (Å²) in [7, 11) is 1.66. The van der Waals surface area contributed by atoms with E-state index >= 15 is 0 Å². The Bertz CT molecular complexity index is 190.